The van der Waals surface area contributed by atoms with Gasteiger partial charge in [0.25, 0.3) is 0 Å². The highest BCUT2D eigenvalue weighted by Gasteiger charge is 2.40. The number of hydrogen-bond acceptors (Lipinski definition) is 4. The van der Waals surface area contributed by atoms with Gasteiger partial charge >= 0.3 is 0 Å². The molecule has 2 N–H and O–H groups in total. The van der Waals surface area contributed by atoms with Gasteiger partial charge in [-0.05, 0) is 26.0 Å². The molecular weight excluding hydrogens is 166 g/mol. The number of aliphatic hydroxyl groups is 1. The molecule has 2 atom stereocenters. The fourth-order valence-corrected chi connectivity index (χ4v) is 1.76. The van der Waals surface area contributed by atoms with Crippen molar-refractivity contribution in [3.8, 4) is 0 Å². The van der Waals surface area contributed by atoms with E-state index in [-0.39, 0.29) is 6.04 Å². The molecule has 0 spiro atoms. The van der Waals surface area contributed by atoms with Crippen molar-refractivity contribution in [2.24, 2.45) is 0 Å². The van der Waals surface area contributed by atoms with E-state index in [9.17, 15) is 5.11 Å². The van der Waals surface area contributed by atoms with Gasteiger partial charge in [0.15, 0.2) is 0 Å². The molecule has 2 heterocycles. The maximum absolute atomic E-state index is 10.3. The van der Waals surface area contributed by atoms with Gasteiger partial charge in [-0.1, -0.05) is 0 Å². The predicted octanol–water partition coefficient (Wildman–Crippen LogP) is 0.0460. The normalized spacial score (nSPS) is 33.5. The Hall–Kier alpha value is -1.00. The summed E-state index contributed by atoms with van der Waals surface area (Å²) in [6.07, 6.45) is 3.84. The van der Waals surface area contributed by atoms with Gasteiger partial charge in [0.05, 0.1) is 5.69 Å². The molecule has 4 heteroatoms. The van der Waals surface area contributed by atoms with Crippen LogP contribution < -0.4 is 5.32 Å². The van der Waals surface area contributed by atoms with Crippen LogP contribution in [0.4, 0.5) is 0 Å². The molecule has 1 aliphatic rings. The van der Waals surface area contributed by atoms with Crippen LogP contribution >= 0.6 is 0 Å². The van der Waals surface area contributed by atoms with Crippen molar-refractivity contribution in [3.05, 3.63) is 24.3 Å². The second kappa shape index (κ2) is 3.05. The minimum Gasteiger partial charge on any atom is -0.382 e. The van der Waals surface area contributed by atoms with E-state index in [1.165, 1.54) is 6.33 Å². The summed E-state index contributed by atoms with van der Waals surface area (Å²) in [6.45, 7) is 2.80. The summed E-state index contributed by atoms with van der Waals surface area (Å²) in [4.78, 5) is 7.91. The van der Waals surface area contributed by atoms with Crippen LogP contribution in [0, 0.1) is 0 Å². The lowest BCUT2D eigenvalue weighted by molar-refractivity contribution is 0.0248. The molecule has 70 valence electrons. The van der Waals surface area contributed by atoms with Crippen molar-refractivity contribution in [1.82, 2.24) is 15.3 Å². The standard InChI is InChI=1S/C9H13N3O/c1-7-9(13,3-5-11-7)8-2-4-10-6-12-8/h2,4,6-7,11,13H,3,5H2,1H3. The molecule has 0 radical (unpaired) electrons. The Labute approximate surface area is 77.0 Å². The smallest absolute Gasteiger partial charge is 0.123 e. The third-order valence-electron chi connectivity index (χ3n) is 2.70. The molecule has 0 bridgehead atoms. The van der Waals surface area contributed by atoms with E-state index >= 15 is 0 Å². The lowest BCUT2D eigenvalue weighted by Crippen LogP contribution is -2.38. The lowest BCUT2D eigenvalue weighted by Gasteiger charge is -2.25. The van der Waals surface area contributed by atoms with E-state index in [0.29, 0.717) is 12.1 Å². The Morgan fingerprint density at radius 1 is 1.69 bits per heavy atom. The van der Waals surface area contributed by atoms with Gasteiger partial charge < -0.3 is 10.4 Å². The number of nitrogens with one attached hydrogen (secondary N) is 1. The molecular formula is C9H13N3O. The first-order valence-corrected chi connectivity index (χ1v) is 4.46. The van der Waals surface area contributed by atoms with Crippen LogP contribution in [0.5, 0.6) is 0 Å². The fourth-order valence-electron chi connectivity index (χ4n) is 1.76. The number of hydrogen-bond donors (Lipinski definition) is 2. The topological polar surface area (TPSA) is 58.0 Å². The summed E-state index contributed by atoms with van der Waals surface area (Å²) in [5, 5.41) is 13.5. The van der Waals surface area contributed by atoms with Gasteiger partial charge in [-0.25, -0.2) is 9.97 Å². The Morgan fingerprint density at radius 3 is 3.08 bits per heavy atom. The molecule has 0 saturated carbocycles. The van der Waals surface area contributed by atoms with E-state index in [0.717, 1.165) is 6.54 Å². The minimum absolute atomic E-state index is 0.0578. The molecule has 1 saturated heterocycles. The molecule has 0 aromatic carbocycles. The minimum atomic E-state index is -0.817. The molecule has 2 unspecified atom stereocenters. The average molecular weight is 179 g/mol. The van der Waals surface area contributed by atoms with E-state index in [1.807, 2.05) is 6.92 Å². The summed E-state index contributed by atoms with van der Waals surface area (Å²) in [5.74, 6) is 0. The first-order chi connectivity index (χ1) is 6.23. The molecule has 13 heavy (non-hydrogen) atoms. The lowest BCUT2D eigenvalue weighted by atomic mass is 9.92. The molecule has 2 rings (SSSR count). The highest BCUT2D eigenvalue weighted by Crippen LogP contribution is 2.30. The molecule has 0 amide bonds. The zero-order valence-electron chi connectivity index (χ0n) is 7.57. The second-order valence-electron chi connectivity index (χ2n) is 3.44. The van der Waals surface area contributed by atoms with E-state index in [2.05, 4.69) is 15.3 Å². The average Bonchev–Trinajstić information content (AvgIpc) is 2.50. The maximum Gasteiger partial charge on any atom is 0.123 e. The van der Waals surface area contributed by atoms with Crippen molar-refractivity contribution < 1.29 is 5.11 Å². The van der Waals surface area contributed by atoms with Gasteiger partial charge in [-0.15, -0.1) is 0 Å². The van der Waals surface area contributed by atoms with Crippen molar-refractivity contribution in [2.45, 2.75) is 25.0 Å². The summed E-state index contributed by atoms with van der Waals surface area (Å²) in [7, 11) is 0. The third-order valence-corrected chi connectivity index (χ3v) is 2.70. The first kappa shape index (κ1) is 8.59. The van der Waals surface area contributed by atoms with Crippen LogP contribution in [0.3, 0.4) is 0 Å². The zero-order chi connectivity index (χ0) is 9.31. The first-order valence-electron chi connectivity index (χ1n) is 4.46. The van der Waals surface area contributed by atoms with Gasteiger partial charge in [0, 0.05) is 12.2 Å². The number of aromatic nitrogens is 2. The maximum atomic E-state index is 10.3. The van der Waals surface area contributed by atoms with Crippen LogP contribution in [0.25, 0.3) is 0 Å². The van der Waals surface area contributed by atoms with Gasteiger partial charge in [-0.3, -0.25) is 0 Å². The van der Waals surface area contributed by atoms with E-state index in [1.54, 1.807) is 12.3 Å². The summed E-state index contributed by atoms with van der Waals surface area (Å²) < 4.78 is 0. The highest BCUT2D eigenvalue weighted by atomic mass is 16.3. The number of rotatable bonds is 1. The molecule has 1 aromatic heterocycles. The molecule has 4 nitrogen and oxygen atoms in total. The Balaban J connectivity index is 2.34. The largest absolute Gasteiger partial charge is 0.382 e. The summed E-state index contributed by atoms with van der Waals surface area (Å²) in [6, 6.07) is 1.83. The van der Waals surface area contributed by atoms with Crippen LogP contribution in [-0.4, -0.2) is 27.7 Å². The van der Waals surface area contributed by atoms with Crippen LogP contribution in [-0.2, 0) is 5.60 Å². The van der Waals surface area contributed by atoms with Crippen molar-refractivity contribution >= 4 is 0 Å². The molecule has 1 aliphatic heterocycles. The van der Waals surface area contributed by atoms with Crippen LogP contribution in [0.2, 0.25) is 0 Å². The van der Waals surface area contributed by atoms with Gasteiger partial charge in [0.1, 0.15) is 11.9 Å². The zero-order valence-corrected chi connectivity index (χ0v) is 7.57. The quantitative estimate of drug-likeness (QED) is 0.639. The van der Waals surface area contributed by atoms with Gasteiger partial charge in [0.2, 0.25) is 0 Å². The third kappa shape index (κ3) is 1.32. The number of nitrogens with zero attached hydrogens (tertiary/aromatic N) is 2. The SMILES string of the molecule is CC1NCCC1(O)c1ccncn1. The highest BCUT2D eigenvalue weighted by molar-refractivity contribution is 5.15. The van der Waals surface area contributed by atoms with Gasteiger partial charge in [-0.2, -0.15) is 0 Å². The van der Waals surface area contributed by atoms with Crippen molar-refractivity contribution in [2.75, 3.05) is 6.54 Å². The summed E-state index contributed by atoms with van der Waals surface area (Å²) >= 11 is 0. The Bertz CT molecular complexity index is 290. The van der Waals surface area contributed by atoms with E-state index in [4.69, 9.17) is 0 Å². The summed E-state index contributed by atoms with van der Waals surface area (Å²) in [5.41, 5.74) is -0.108. The van der Waals surface area contributed by atoms with Crippen molar-refractivity contribution in [3.63, 3.8) is 0 Å². The predicted molar refractivity (Wildman–Crippen MR) is 48.0 cm³/mol. The van der Waals surface area contributed by atoms with E-state index < -0.39 is 5.60 Å². The monoisotopic (exact) mass is 179 g/mol. The Kier molecular flexibility index (Phi) is 2.01. The second-order valence-corrected chi connectivity index (χ2v) is 3.44. The fraction of sp³-hybridized carbons (Fsp3) is 0.556. The van der Waals surface area contributed by atoms with Crippen LogP contribution in [0.15, 0.2) is 18.6 Å². The van der Waals surface area contributed by atoms with Crippen LogP contribution in [0.1, 0.15) is 19.0 Å². The molecule has 1 fully saturated rings. The van der Waals surface area contributed by atoms with Crippen molar-refractivity contribution in [1.29, 1.82) is 0 Å². The Morgan fingerprint density at radius 2 is 2.54 bits per heavy atom. The molecule has 1 aromatic rings. The molecule has 0 aliphatic carbocycles.